The maximum Gasteiger partial charge on any atom is 0.0677 e. The molecule has 1 aliphatic rings. The van der Waals surface area contributed by atoms with Gasteiger partial charge in [0.1, 0.15) is 0 Å². The second kappa shape index (κ2) is 4.33. The number of aliphatic hydroxyl groups is 1. The summed E-state index contributed by atoms with van der Waals surface area (Å²) in [5.41, 5.74) is 0.882. The van der Waals surface area contributed by atoms with Crippen LogP contribution in [0.4, 0.5) is 0 Å². The molecule has 1 fully saturated rings. The van der Waals surface area contributed by atoms with E-state index >= 15 is 0 Å². The van der Waals surface area contributed by atoms with Crippen LogP contribution in [0.25, 0.3) is 0 Å². The second-order valence-corrected chi connectivity index (χ2v) is 3.51. The molecule has 0 aromatic rings. The van der Waals surface area contributed by atoms with Crippen molar-refractivity contribution in [2.75, 3.05) is 0 Å². The molecule has 0 aromatic heterocycles. The predicted octanol–water partition coefficient (Wildman–Crippen LogP) is 2.12. The van der Waals surface area contributed by atoms with Crippen molar-refractivity contribution in [2.45, 2.75) is 38.7 Å². The van der Waals surface area contributed by atoms with Crippen LogP contribution >= 0.6 is 0 Å². The molecule has 1 nitrogen and oxygen atoms in total. The zero-order valence-corrected chi connectivity index (χ0v) is 7.64. The third-order valence-corrected chi connectivity index (χ3v) is 2.20. The molecule has 0 radical (unpaired) electrons. The van der Waals surface area contributed by atoms with Crippen molar-refractivity contribution in [2.24, 2.45) is 5.92 Å². The van der Waals surface area contributed by atoms with Gasteiger partial charge < -0.3 is 5.11 Å². The topological polar surface area (TPSA) is 20.2 Å². The third-order valence-electron chi connectivity index (χ3n) is 2.20. The highest BCUT2D eigenvalue weighted by atomic mass is 16.3. The molecule has 0 aliphatic heterocycles. The Labute approximate surface area is 74.5 Å². The largest absolute Gasteiger partial charge is 0.392 e. The van der Waals surface area contributed by atoms with Gasteiger partial charge >= 0.3 is 0 Å². The van der Waals surface area contributed by atoms with Crippen LogP contribution in [0.15, 0.2) is 12.2 Å². The summed E-state index contributed by atoms with van der Waals surface area (Å²) in [5.74, 6) is 6.20. The molecule has 0 saturated heterocycles. The van der Waals surface area contributed by atoms with Crippen molar-refractivity contribution < 1.29 is 5.11 Å². The number of hydrogen-bond acceptors (Lipinski definition) is 1. The zero-order chi connectivity index (χ0) is 8.97. The molecule has 0 bridgehead atoms. The van der Waals surface area contributed by atoms with Crippen molar-refractivity contribution in [1.29, 1.82) is 0 Å². The third kappa shape index (κ3) is 2.71. The van der Waals surface area contributed by atoms with Gasteiger partial charge in [0.2, 0.25) is 0 Å². The Balaban J connectivity index is 2.51. The molecule has 1 N–H and O–H groups in total. The van der Waals surface area contributed by atoms with E-state index in [1.54, 1.807) is 0 Å². The monoisotopic (exact) mass is 164 g/mol. The Morgan fingerprint density at radius 1 is 1.42 bits per heavy atom. The van der Waals surface area contributed by atoms with Crippen LogP contribution in [0.1, 0.15) is 32.6 Å². The molecule has 0 amide bonds. The van der Waals surface area contributed by atoms with Crippen LogP contribution in [-0.2, 0) is 0 Å². The van der Waals surface area contributed by atoms with E-state index in [4.69, 9.17) is 0 Å². The summed E-state index contributed by atoms with van der Waals surface area (Å²) < 4.78 is 0. The van der Waals surface area contributed by atoms with Gasteiger partial charge in [-0.05, 0) is 25.3 Å². The lowest BCUT2D eigenvalue weighted by Gasteiger charge is -2.22. The van der Waals surface area contributed by atoms with E-state index in [0.29, 0.717) is 0 Å². The number of hydrogen-bond donors (Lipinski definition) is 1. The fraction of sp³-hybridized carbons (Fsp3) is 0.636. The van der Waals surface area contributed by atoms with Gasteiger partial charge in [-0.2, -0.15) is 0 Å². The minimum absolute atomic E-state index is 0.190. The lowest BCUT2D eigenvalue weighted by molar-refractivity contribution is 0.0970. The summed E-state index contributed by atoms with van der Waals surface area (Å²) in [6.07, 6.45) is 4.10. The maximum atomic E-state index is 9.55. The van der Waals surface area contributed by atoms with E-state index < -0.39 is 0 Å². The van der Waals surface area contributed by atoms with Crippen molar-refractivity contribution in [3.8, 4) is 11.8 Å². The van der Waals surface area contributed by atoms with Gasteiger partial charge in [-0.25, -0.2) is 0 Å². The summed E-state index contributed by atoms with van der Waals surface area (Å²) in [7, 11) is 0. The van der Waals surface area contributed by atoms with E-state index in [1.165, 1.54) is 6.42 Å². The van der Waals surface area contributed by atoms with Gasteiger partial charge in [-0.15, -0.1) is 0 Å². The minimum atomic E-state index is -0.203. The Morgan fingerprint density at radius 2 is 2.08 bits per heavy atom. The first-order chi connectivity index (χ1) is 5.70. The molecular weight excluding hydrogens is 148 g/mol. The molecule has 12 heavy (non-hydrogen) atoms. The first kappa shape index (κ1) is 9.35. The standard InChI is InChI=1S/C11H16O/c1-9(2)7-8-10-5-3-4-6-11(10)12/h10-12H,1,3-6H2,2H3/t10-,11+/m1/s1. The lowest BCUT2D eigenvalue weighted by Crippen LogP contribution is -2.22. The molecule has 1 heteroatoms. The molecule has 2 atom stereocenters. The van der Waals surface area contributed by atoms with Gasteiger partial charge in [-0.1, -0.05) is 31.3 Å². The van der Waals surface area contributed by atoms with E-state index in [1.807, 2.05) is 6.92 Å². The average Bonchev–Trinajstić information content (AvgIpc) is 2.03. The highest BCUT2D eigenvalue weighted by Crippen LogP contribution is 2.23. The fourth-order valence-corrected chi connectivity index (χ4v) is 1.50. The van der Waals surface area contributed by atoms with Crippen LogP contribution < -0.4 is 0 Å². The molecule has 1 rings (SSSR count). The van der Waals surface area contributed by atoms with Gasteiger partial charge in [0.05, 0.1) is 6.10 Å². The zero-order valence-electron chi connectivity index (χ0n) is 7.64. The van der Waals surface area contributed by atoms with Crippen LogP contribution in [0.2, 0.25) is 0 Å². The number of aliphatic hydroxyl groups excluding tert-OH is 1. The van der Waals surface area contributed by atoms with E-state index in [2.05, 4.69) is 18.4 Å². The van der Waals surface area contributed by atoms with Crippen LogP contribution in [0.3, 0.4) is 0 Å². The Kier molecular flexibility index (Phi) is 3.37. The average molecular weight is 164 g/mol. The lowest BCUT2D eigenvalue weighted by atomic mass is 9.87. The molecule has 0 aromatic carbocycles. The van der Waals surface area contributed by atoms with Crippen molar-refractivity contribution in [3.63, 3.8) is 0 Å². The van der Waals surface area contributed by atoms with Crippen LogP contribution in [-0.4, -0.2) is 11.2 Å². The predicted molar refractivity (Wildman–Crippen MR) is 50.6 cm³/mol. The van der Waals surface area contributed by atoms with Gasteiger partial charge in [-0.3, -0.25) is 0 Å². The normalized spacial score (nSPS) is 28.8. The molecule has 1 aliphatic carbocycles. The first-order valence-corrected chi connectivity index (χ1v) is 4.55. The van der Waals surface area contributed by atoms with E-state index in [0.717, 1.165) is 24.8 Å². The summed E-state index contributed by atoms with van der Waals surface area (Å²) in [5, 5.41) is 9.55. The minimum Gasteiger partial charge on any atom is -0.392 e. The smallest absolute Gasteiger partial charge is 0.0677 e. The summed E-state index contributed by atoms with van der Waals surface area (Å²) in [4.78, 5) is 0. The van der Waals surface area contributed by atoms with Crippen molar-refractivity contribution in [1.82, 2.24) is 0 Å². The highest BCUT2D eigenvalue weighted by Gasteiger charge is 2.20. The SMILES string of the molecule is C=C(C)C#C[C@H]1CCCC[C@@H]1O. The second-order valence-electron chi connectivity index (χ2n) is 3.51. The van der Waals surface area contributed by atoms with Crippen LogP contribution in [0, 0.1) is 17.8 Å². The number of allylic oxidation sites excluding steroid dienone is 1. The molecule has 0 heterocycles. The van der Waals surface area contributed by atoms with Crippen LogP contribution in [0.5, 0.6) is 0 Å². The molecule has 1 saturated carbocycles. The summed E-state index contributed by atoms with van der Waals surface area (Å²) in [6.45, 7) is 5.60. The fourth-order valence-electron chi connectivity index (χ4n) is 1.50. The Morgan fingerprint density at radius 3 is 2.67 bits per heavy atom. The molecule has 66 valence electrons. The van der Waals surface area contributed by atoms with E-state index in [9.17, 15) is 5.11 Å². The molecular formula is C11H16O. The van der Waals surface area contributed by atoms with Gasteiger partial charge in [0.25, 0.3) is 0 Å². The maximum absolute atomic E-state index is 9.55. The van der Waals surface area contributed by atoms with E-state index in [-0.39, 0.29) is 12.0 Å². The molecule has 0 unspecified atom stereocenters. The summed E-state index contributed by atoms with van der Waals surface area (Å²) in [6, 6.07) is 0. The highest BCUT2D eigenvalue weighted by molar-refractivity contribution is 5.24. The number of rotatable bonds is 0. The quantitative estimate of drug-likeness (QED) is 0.544. The van der Waals surface area contributed by atoms with Crippen molar-refractivity contribution in [3.05, 3.63) is 12.2 Å². The van der Waals surface area contributed by atoms with Gasteiger partial charge in [0, 0.05) is 5.92 Å². The van der Waals surface area contributed by atoms with Gasteiger partial charge in [0.15, 0.2) is 0 Å². The Hall–Kier alpha value is -0.740. The first-order valence-electron chi connectivity index (χ1n) is 4.55. The van der Waals surface area contributed by atoms with Crippen molar-refractivity contribution >= 4 is 0 Å². The molecule has 0 spiro atoms. The Bertz CT molecular complexity index is 219. The summed E-state index contributed by atoms with van der Waals surface area (Å²) >= 11 is 0.